The van der Waals surface area contributed by atoms with Crippen molar-refractivity contribution in [3.63, 3.8) is 0 Å². The highest BCUT2D eigenvalue weighted by Gasteiger charge is 2.23. The fourth-order valence-corrected chi connectivity index (χ4v) is 2.10. The Morgan fingerprint density at radius 1 is 1.37 bits per heavy atom. The number of methoxy groups -OCH3 is 1. The van der Waals surface area contributed by atoms with E-state index in [-0.39, 0.29) is 11.8 Å². The smallest absolute Gasteiger partial charge is 0.308 e. The molecule has 0 aliphatic rings. The van der Waals surface area contributed by atoms with E-state index in [9.17, 15) is 9.90 Å². The first-order chi connectivity index (χ1) is 8.95. The van der Waals surface area contributed by atoms with Gasteiger partial charge in [0.15, 0.2) is 0 Å². The van der Waals surface area contributed by atoms with Crippen LogP contribution < -0.4 is 4.74 Å². The summed E-state index contributed by atoms with van der Waals surface area (Å²) in [7, 11) is 3.58. The van der Waals surface area contributed by atoms with Crippen LogP contribution in [-0.2, 0) is 11.3 Å². The fraction of sp³-hybridized carbons (Fsp3) is 0.533. The van der Waals surface area contributed by atoms with Crippen molar-refractivity contribution in [2.24, 2.45) is 11.8 Å². The van der Waals surface area contributed by atoms with E-state index in [0.717, 1.165) is 11.3 Å². The van der Waals surface area contributed by atoms with Crippen molar-refractivity contribution in [3.05, 3.63) is 29.8 Å². The van der Waals surface area contributed by atoms with Crippen molar-refractivity contribution >= 4 is 5.97 Å². The Bertz CT molecular complexity index is 418. The topological polar surface area (TPSA) is 49.8 Å². The van der Waals surface area contributed by atoms with Crippen LogP contribution in [0.1, 0.15) is 19.4 Å². The van der Waals surface area contributed by atoms with Crippen LogP contribution in [-0.4, -0.2) is 36.7 Å². The molecule has 0 amide bonds. The summed E-state index contributed by atoms with van der Waals surface area (Å²) in [5, 5.41) is 9.21. The molecule has 0 aromatic heterocycles. The molecule has 1 atom stereocenters. The molecular weight excluding hydrogens is 242 g/mol. The molecule has 4 nitrogen and oxygen atoms in total. The molecule has 106 valence electrons. The lowest BCUT2D eigenvalue weighted by atomic mass is 9.95. The monoisotopic (exact) mass is 265 g/mol. The molecule has 0 saturated heterocycles. The Kier molecular flexibility index (Phi) is 5.83. The third kappa shape index (κ3) is 4.56. The van der Waals surface area contributed by atoms with Gasteiger partial charge in [0.1, 0.15) is 5.75 Å². The molecule has 0 radical (unpaired) electrons. The Morgan fingerprint density at radius 2 is 2.00 bits per heavy atom. The van der Waals surface area contributed by atoms with Crippen LogP contribution in [0.5, 0.6) is 5.75 Å². The molecule has 1 aromatic rings. The van der Waals surface area contributed by atoms with Gasteiger partial charge in [0.05, 0.1) is 13.0 Å². The third-order valence-electron chi connectivity index (χ3n) is 3.26. The van der Waals surface area contributed by atoms with Crippen LogP contribution >= 0.6 is 0 Å². The molecule has 19 heavy (non-hydrogen) atoms. The summed E-state index contributed by atoms with van der Waals surface area (Å²) in [6, 6.07) is 7.81. The summed E-state index contributed by atoms with van der Waals surface area (Å²) in [5.41, 5.74) is 1.07. The average molecular weight is 265 g/mol. The van der Waals surface area contributed by atoms with E-state index in [0.29, 0.717) is 13.1 Å². The number of nitrogens with zero attached hydrogens (tertiary/aromatic N) is 1. The Labute approximate surface area is 115 Å². The molecule has 0 saturated carbocycles. The lowest BCUT2D eigenvalue weighted by Crippen LogP contribution is -2.33. The molecule has 0 fully saturated rings. The van der Waals surface area contributed by atoms with Crippen LogP contribution in [0.15, 0.2) is 24.3 Å². The third-order valence-corrected chi connectivity index (χ3v) is 3.26. The number of hydrogen-bond acceptors (Lipinski definition) is 3. The van der Waals surface area contributed by atoms with Gasteiger partial charge in [0, 0.05) is 18.7 Å². The molecule has 1 unspecified atom stereocenters. The van der Waals surface area contributed by atoms with E-state index < -0.39 is 5.97 Å². The quantitative estimate of drug-likeness (QED) is 0.823. The first-order valence-electron chi connectivity index (χ1n) is 6.49. The zero-order valence-electron chi connectivity index (χ0n) is 12.1. The van der Waals surface area contributed by atoms with Crippen LogP contribution in [0.25, 0.3) is 0 Å². The van der Waals surface area contributed by atoms with E-state index in [1.165, 1.54) is 0 Å². The zero-order valence-corrected chi connectivity index (χ0v) is 12.1. The molecule has 1 aromatic carbocycles. The lowest BCUT2D eigenvalue weighted by Gasteiger charge is -2.24. The Balaban J connectivity index is 2.69. The van der Waals surface area contributed by atoms with Crippen molar-refractivity contribution < 1.29 is 14.6 Å². The second kappa shape index (κ2) is 7.14. The van der Waals surface area contributed by atoms with Gasteiger partial charge in [-0.3, -0.25) is 4.79 Å². The predicted octanol–water partition coefficient (Wildman–Crippen LogP) is 2.48. The number of benzene rings is 1. The van der Waals surface area contributed by atoms with E-state index in [1.54, 1.807) is 7.11 Å². The van der Waals surface area contributed by atoms with Gasteiger partial charge in [-0.05, 0) is 19.0 Å². The van der Waals surface area contributed by atoms with Crippen molar-refractivity contribution in [1.82, 2.24) is 4.90 Å². The number of ether oxygens (including phenoxy) is 1. The summed E-state index contributed by atoms with van der Waals surface area (Å²) in [6.45, 7) is 5.09. The van der Waals surface area contributed by atoms with Crippen LogP contribution in [0, 0.1) is 11.8 Å². The molecular formula is C15H23NO3. The first-order valence-corrected chi connectivity index (χ1v) is 6.49. The Hall–Kier alpha value is -1.55. The van der Waals surface area contributed by atoms with Gasteiger partial charge in [-0.1, -0.05) is 32.0 Å². The van der Waals surface area contributed by atoms with Gasteiger partial charge in [-0.15, -0.1) is 0 Å². The summed E-state index contributed by atoms with van der Waals surface area (Å²) in [4.78, 5) is 13.2. The minimum atomic E-state index is -0.734. The minimum absolute atomic E-state index is 0.123. The van der Waals surface area contributed by atoms with Gasteiger partial charge in [0.25, 0.3) is 0 Å². The second-order valence-corrected chi connectivity index (χ2v) is 5.20. The number of hydrogen-bond donors (Lipinski definition) is 1. The molecule has 0 heterocycles. The number of carbonyl (C=O) groups is 1. The van der Waals surface area contributed by atoms with Crippen molar-refractivity contribution in [1.29, 1.82) is 0 Å². The molecule has 0 bridgehead atoms. The molecule has 0 aliphatic heterocycles. The molecule has 1 N–H and O–H groups in total. The number of para-hydroxylation sites is 1. The Morgan fingerprint density at radius 3 is 2.53 bits per heavy atom. The van der Waals surface area contributed by atoms with Crippen molar-refractivity contribution in [2.75, 3.05) is 20.7 Å². The number of aliphatic carboxylic acids is 1. The van der Waals surface area contributed by atoms with Gasteiger partial charge in [-0.2, -0.15) is 0 Å². The van der Waals surface area contributed by atoms with E-state index in [4.69, 9.17) is 4.74 Å². The molecule has 0 spiro atoms. The zero-order chi connectivity index (χ0) is 14.4. The largest absolute Gasteiger partial charge is 0.496 e. The lowest BCUT2D eigenvalue weighted by molar-refractivity contribution is -0.144. The summed E-state index contributed by atoms with van der Waals surface area (Å²) < 4.78 is 5.30. The van der Waals surface area contributed by atoms with Crippen molar-refractivity contribution in [2.45, 2.75) is 20.4 Å². The fourth-order valence-electron chi connectivity index (χ4n) is 2.10. The van der Waals surface area contributed by atoms with Gasteiger partial charge in [0.2, 0.25) is 0 Å². The van der Waals surface area contributed by atoms with Crippen molar-refractivity contribution in [3.8, 4) is 5.75 Å². The number of carboxylic acid groups (broad SMARTS) is 1. The summed E-state index contributed by atoms with van der Waals surface area (Å²) in [6.07, 6.45) is 0. The number of rotatable bonds is 7. The summed E-state index contributed by atoms with van der Waals surface area (Å²) >= 11 is 0. The highest BCUT2D eigenvalue weighted by molar-refractivity contribution is 5.70. The van der Waals surface area contributed by atoms with Gasteiger partial charge >= 0.3 is 5.97 Å². The van der Waals surface area contributed by atoms with E-state index in [1.807, 2.05) is 50.1 Å². The average Bonchev–Trinajstić information content (AvgIpc) is 2.36. The van der Waals surface area contributed by atoms with Gasteiger partial charge in [-0.25, -0.2) is 0 Å². The van der Waals surface area contributed by atoms with E-state index >= 15 is 0 Å². The highest BCUT2D eigenvalue weighted by Crippen LogP contribution is 2.20. The van der Waals surface area contributed by atoms with Crippen LogP contribution in [0.4, 0.5) is 0 Å². The standard InChI is InChI=1S/C15H23NO3/c1-11(2)13(15(17)18)10-16(3)9-12-7-5-6-8-14(12)19-4/h5-8,11,13H,9-10H2,1-4H3,(H,17,18). The number of carboxylic acids is 1. The van der Waals surface area contributed by atoms with Gasteiger partial charge < -0.3 is 14.7 Å². The maximum atomic E-state index is 11.2. The minimum Gasteiger partial charge on any atom is -0.496 e. The SMILES string of the molecule is COc1ccccc1CN(C)CC(C(=O)O)C(C)C. The predicted molar refractivity (Wildman–Crippen MR) is 75.3 cm³/mol. The molecule has 1 rings (SSSR count). The molecule has 0 aliphatic carbocycles. The van der Waals surface area contributed by atoms with E-state index in [2.05, 4.69) is 0 Å². The maximum Gasteiger partial charge on any atom is 0.308 e. The van der Waals surface area contributed by atoms with Crippen LogP contribution in [0.3, 0.4) is 0 Å². The van der Waals surface area contributed by atoms with Crippen LogP contribution in [0.2, 0.25) is 0 Å². The maximum absolute atomic E-state index is 11.2. The highest BCUT2D eigenvalue weighted by atomic mass is 16.5. The first kappa shape index (κ1) is 15.5. The molecule has 4 heteroatoms. The summed E-state index contributed by atoms with van der Waals surface area (Å²) in [5.74, 6) is -0.120. The second-order valence-electron chi connectivity index (χ2n) is 5.20. The normalized spacial score (nSPS) is 12.7.